The van der Waals surface area contributed by atoms with Crippen LogP contribution in [0.5, 0.6) is 0 Å². The van der Waals surface area contributed by atoms with Crippen molar-refractivity contribution in [1.29, 1.82) is 0 Å². The van der Waals surface area contributed by atoms with Crippen LogP contribution < -0.4 is 5.32 Å². The van der Waals surface area contributed by atoms with Crippen molar-refractivity contribution >= 4 is 34.8 Å². The van der Waals surface area contributed by atoms with Gasteiger partial charge < -0.3 is 9.88 Å². The minimum absolute atomic E-state index is 0.0231. The summed E-state index contributed by atoms with van der Waals surface area (Å²) < 4.78 is 1.62. The van der Waals surface area contributed by atoms with Gasteiger partial charge in [0.05, 0.1) is 4.92 Å². The SMILES string of the molecule is CSc1ccc([N+](=O)[O-])c(C(=O)Nc2ccc(C(=O)c3nccn3C)cc2)c1. The molecule has 0 aliphatic heterocycles. The molecule has 1 aromatic heterocycles. The Hall–Kier alpha value is -3.46. The summed E-state index contributed by atoms with van der Waals surface area (Å²) in [6.45, 7) is 0. The zero-order chi connectivity index (χ0) is 20.3. The summed E-state index contributed by atoms with van der Waals surface area (Å²) in [5, 5.41) is 13.8. The van der Waals surface area contributed by atoms with Crippen LogP contribution in [-0.2, 0) is 7.05 Å². The fourth-order valence-corrected chi connectivity index (χ4v) is 3.04. The second-order valence-corrected chi connectivity index (χ2v) is 6.74. The van der Waals surface area contributed by atoms with Crippen LogP contribution >= 0.6 is 11.8 Å². The third-order valence-corrected chi connectivity index (χ3v) is 4.80. The van der Waals surface area contributed by atoms with Crippen molar-refractivity contribution in [2.45, 2.75) is 4.90 Å². The van der Waals surface area contributed by atoms with Gasteiger partial charge in [0.2, 0.25) is 5.78 Å². The van der Waals surface area contributed by atoms with E-state index in [0.29, 0.717) is 17.1 Å². The molecule has 0 saturated heterocycles. The number of benzene rings is 2. The first-order valence-corrected chi connectivity index (χ1v) is 9.39. The number of nitro benzene ring substituents is 1. The van der Waals surface area contributed by atoms with E-state index in [1.165, 1.54) is 30.1 Å². The standard InChI is InChI=1S/C19H16N4O4S/c1-22-10-9-20-18(22)17(24)12-3-5-13(6-4-12)21-19(25)15-11-14(28-2)7-8-16(15)23(26)27/h3-11H,1-2H3,(H,21,25). The van der Waals surface area contributed by atoms with E-state index in [2.05, 4.69) is 10.3 Å². The molecule has 0 radical (unpaired) electrons. The number of carbonyl (C=O) groups is 2. The lowest BCUT2D eigenvalue weighted by Crippen LogP contribution is -2.14. The van der Waals surface area contributed by atoms with Gasteiger partial charge >= 0.3 is 0 Å². The molecule has 0 aliphatic rings. The smallest absolute Gasteiger partial charge is 0.282 e. The Kier molecular flexibility index (Phi) is 5.55. The Balaban J connectivity index is 1.81. The molecule has 2 aromatic carbocycles. The Morgan fingerprint density at radius 3 is 2.46 bits per heavy atom. The van der Waals surface area contributed by atoms with E-state index >= 15 is 0 Å². The van der Waals surface area contributed by atoms with E-state index in [4.69, 9.17) is 0 Å². The predicted octanol–water partition coefficient (Wildman–Crippen LogP) is 3.53. The van der Waals surface area contributed by atoms with Crippen LogP contribution in [0.25, 0.3) is 0 Å². The van der Waals surface area contributed by atoms with Crippen molar-refractivity contribution in [1.82, 2.24) is 9.55 Å². The van der Waals surface area contributed by atoms with Crippen molar-refractivity contribution in [3.05, 3.63) is 81.9 Å². The monoisotopic (exact) mass is 396 g/mol. The van der Waals surface area contributed by atoms with Crippen molar-refractivity contribution in [2.24, 2.45) is 7.05 Å². The number of hydrogen-bond donors (Lipinski definition) is 1. The van der Waals surface area contributed by atoms with Gasteiger partial charge in [-0.15, -0.1) is 11.8 Å². The maximum atomic E-state index is 12.6. The lowest BCUT2D eigenvalue weighted by Gasteiger charge is -2.08. The molecule has 1 amide bonds. The van der Waals surface area contributed by atoms with E-state index in [1.807, 2.05) is 6.26 Å². The second-order valence-electron chi connectivity index (χ2n) is 5.86. The summed E-state index contributed by atoms with van der Waals surface area (Å²) in [5.74, 6) is -0.527. The number of nitrogens with zero attached hydrogens (tertiary/aromatic N) is 3. The minimum Gasteiger partial charge on any atom is -0.331 e. The van der Waals surface area contributed by atoms with Crippen LogP contribution in [-0.4, -0.2) is 32.4 Å². The van der Waals surface area contributed by atoms with Gasteiger partial charge in [-0.3, -0.25) is 19.7 Å². The lowest BCUT2D eigenvalue weighted by atomic mass is 10.1. The molecule has 1 N–H and O–H groups in total. The molecule has 0 bridgehead atoms. The maximum absolute atomic E-state index is 12.6. The van der Waals surface area contributed by atoms with Crippen LogP contribution in [0.1, 0.15) is 26.5 Å². The summed E-state index contributed by atoms with van der Waals surface area (Å²) in [6, 6.07) is 10.7. The van der Waals surface area contributed by atoms with Gasteiger partial charge in [-0.1, -0.05) is 0 Å². The van der Waals surface area contributed by atoms with E-state index in [0.717, 1.165) is 4.90 Å². The molecule has 0 fully saturated rings. The van der Waals surface area contributed by atoms with Crippen LogP contribution in [0, 0.1) is 10.1 Å². The normalized spacial score (nSPS) is 10.5. The maximum Gasteiger partial charge on any atom is 0.282 e. The number of rotatable bonds is 6. The molecule has 8 nitrogen and oxygen atoms in total. The lowest BCUT2D eigenvalue weighted by molar-refractivity contribution is -0.385. The summed E-state index contributed by atoms with van der Waals surface area (Å²) in [5.41, 5.74) is 0.551. The molecule has 142 valence electrons. The number of amides is 1. The molecule has 0 aliphatic carbocycles. The van der Waals surface area contributed by atoms with E-state index < -0.39 is 10.8 Å². The van der Waals surface area contributed by atoms with Gasteiger partial charge in [-0.05, 0) is 42.7 Å². The summed E-state index contributed by atoms with van der Waals surface area (Å²) in [6.07, 6.45) is 5.04. The highest BCUT2D eigenvalue weighted by Crippen LogP contribution is 2.26. The molecule has 28 heavy (non-hydrogen) atoms. The van der Waals surface area contributed by atoms with Crippen molar-refractivity contribution in [2.75, 3.05) is 11.6 Å². The molecule has 0 spiro atoms. The number of carbonyl (C=O) groups excluding carboxylic acids is 2. The molecule has 0 unspecified atom stereocenters. The van der Waals surface area contributed by atoms with Crippen LogP contribution in [0.2, 0.25) is 0 Å². The van der Waals surface area contributed by atoms with Gasteiger partial charge in [0.1, 0.15) is 5.56 Å². The Bertz CT molecular complexity index is 1060. The van der Waals surface area contributed by atoms with Crippen LogP contribution in [0.3, 0.4) is 0 Å². The first kappa shape index (κ1) is 19.3. The van der Waals surface area contributed by atoms with Gasteiger partial charge in [-0.2, -0.15) is 0 Å². The number of aryl methyl sites for hydroxylation is 1. The number of anilines is 1. The van der Waals surface area contributed by atoms with Crippen LogP contribution in [0.15, 0.2) is 59.8 Å². The number of nitrogens with one attached hydrogen (secondary N) is 1. The van der Waals surface area contributed by atoms with Gasteiger partial charge in [0.25, 0.3) is 11.6 Å². The number of nitro groups is 1. The molecule has 0 saturated carbocycles. The predicted molar refractivity (Wildman–Crippen MR) is 106 cm³/mol. The van der Waals surface area contributed by atoms with Crippen molar-refractivity contribution < 1.29 is 14.5 Å². The topological polar surface area (TPSA) is 107 Å². The average Bonchev–Trinajstić information content (AvgIpc) is 3.13. The van der Waals surface area contributed by atoms with E-state index in [-0.39, 0.29) is 17.0 Å². The van der Waals surface area contributed by atoms with Gasteiger partial charge in [0, 0.05) is 41.7 Å². The summed E-state index contributed by atoms with van der Waals surface area (Å²) in [7, 11) is 1.73. The second kappa shape index (κ2) is 8.05. The Labute approximate surface area is 164 Å². The number of thioether (sulfide) groups is 1. The first-order valence-electron chi connectivity index (χ1n) is 8.16. The third-order valence-electron chi connectivity index (χ3n) is 4.07. The molecule has 1 heterocycles. The number of imidazole rings is 1. The Morgan fingerprint density at radius 1 is 1.18 bits per heavy atom. The number of aromatic nitrogens is 2. The van der Waals surface area contributed by atoms with Crippen molar-refractivity contribution in [3.63, 3.8) is 0 Å². The van der Waals surface area contributed by atoms with E-state index in [1.54, 1.807) is 48.1 Å². The highest BCUT2D eigenvalue weighted by molar-refractivity contribution is 7.98. The highest BCUT2D eigenvalue weighted by atomic mass is 32.2. The van der Waals surface area contributed by atoms with Gasteiger partial charge in [0.15, 0.2) is 5.82 Å². The fraction of sp³-hybridized carbons (Fsp3) is 0.105. The molecular formula is C19H16N4O4S. The van der Waals surface area contributed by atoms with Crippen molar-refractivity contribution in [3.8, 4) is 0 Å². The fourth-order valence-electron chi connectivity index (χ4n) is 2.60. The quantitative estimate of drug-likeness (QED) is 0.296. The third kappa shape index (κ3) is 3.94. The highest BCUT2D eigenvalue weighted by Gasteiger charge is 2.21. The zero-order valence-electron chi connectivity index (χ0n) is 15.1. The number of hydrogen-bond acceptors (Lipinski definition) is 6. The molecule has 3 rings (SSSR count). The molecular weight excluding hydrogens is 380 g/mol. The van der Waals surface area contributed by atoms with E-state index in [9.17, 15) is 19.7 Å². The first-order chi connectivity index (χ1) is 13.4. The molecule has 9 heteroatoms. The largest absolute Gasteiger partial charge is 0.331 e. The zero-order valence-corrected chi connectivity index (χ0v) is 15.9. The minimum atomic E-state index is -0.592. The van der Waals surface area contributed by atoms with Gasteiger partial charge in [-0.25, -0.2) is 4.98 Å². The molecule has 0 atom stereocenters. The Morgan fingerprint density at radius 2 is 1.89 bits per heavy atom. The van der Waals surface area contributed by atoms with Crippen LogP contribution in [0.4, 0.5) is 11.4 Å². The summed E-state index contributed by atoms with van der Waals surface area (Å²) >= 11 is 1.38. The summed E-state index contributed by atoms with van der Waals surface area (Å²) in [4.78, 5) is 40.4. The average molecular weight is 396 g/mol. The molecule has 3 aromatic rings. The number of ketones is 1.